The van der Waals surface area contributed by atoms with E-state index >= 15 is 0 Å². The zero-order valence-corrected chi connectivity index (χ0v) is 19.3. The Morgan fingerprint density at radius 3 is 2.42 bits per heavy atom. The molecule has 152 valence electrons. The Labute approximate surface area is 175 Å². The van der Waals surface area contributed by atoms with Crippen molar-refractivity contribution in [2.75, 3.05) is 25.2 Å². The lowest BCUT2D eigenvalue weighted by atomic mass is 9.64. The molecule has 26 heavy (non-hydrogen) atoms. The van der Waals surface area contributed by atoms with Crippen LogP contribution in [-0.4, -0.2) is 57.7 Å². The van der Waals surface area contributed by atoms with Crippen molar-refractivity contribution in [3.05, 3.63) is 0 Å². The van der Waals surface area contributed by atoms with Crippen molar-refractivity contribution >= 4 is 39.8 Å². The molecule has 0 radical (unpaired) electrons. The molecule has 3 atom stereocenters. The number of ether oxygens (including phenoxy) is 1. The predicted molar refractivity (Wildman–Crippen MR) is 116 cm³/mol. The molecule has 0 bridgehead atoms. The zero-order valence-electron chi connectivity index (χ0n) is 16.2. The van der Waals surface area contributed by atoms with Crippen LogP contribution in [-0.2, 0) is 14.6 Å². The number of guanidine groups is 1. The highest BCUT2D eigenvalue weighted by Crippen LogP contribution is 2.42. The van der Waals surface area contributed by atoms with E-state index in [0.29, 0.717) is 24.4 Å². The Bertz CT molecular complexity index is 603. The summed E-state index contributed by atoms with van der Waals surface area (Å²) in [6.07, 6.45) is 6.91. The van der Waals surface area contributed by atoms with Gasteiger partial charge in [-0.2, -0.15) is 0 Å². The van der Waals surface area contributed by atoms with E-state index < -0.39 is 9.84 Å². The van der Waals surface area contributed by atoms with Gasteiger partial charge in [0.15, 0.2) is 15.8 Å². The van der Waals surface area contributed by atoms with Crippen LogP contribution in [0, 0.1) is 11.3 Å². The van der Waals surface area contributed by atoms with Crippen LogP contribution in [0.1, 0.15) is 52.4 Å². The monoisotopic (exact) mass is 499 g/mol. The van der Waals surface area contributed by atoms with Crippen LogP contribution in [0.3, 0.4) is 0 Å². The molecule has 3 fully saturated rings. The summed E-state index contributed by atoms with van der Waals surface area (Å²) >= 11 is 0. The van der Waals surface area contributed by atoms with Crippen molar-refractivity contribution in [2.45, 2.75) is 70.6 Å². The lowest BCUT2D eigenvalue weighted by Crippen LogP contribution is -2.63. The summed E-state index contributed by atoms with van der Waals surface area (Å²) in [4.78, 5) is 4.76. The second kappa shape index (κ2) is 8.94. The third-order valence-corrected chi connectivity index (χ3v) is 8.14. The molecule has 6 nitrogen and oxygen atoms in total. The topological polar surface area (TPSA) is 79.8 Å². The van der Waals surface area contributed by atoms with Crippen LogP contribution in [0.25, 0.3) is 0 Å². The molecule has 0 aromatic rings. The van der Waals surface area contributed by atoms with Gasteiger partial charge in [0.2, 0.25) is 0 Å². The standard InChI is InChI=1S/C18H33N3O3S.HI/c1-18(2)15(10-16(18)24-3)21-17(20-14-6-4-5-7-14)19-11-13-8-9-25(22,23)12-13;/h13-16H,4-12H2,1-3H3,(H2,19,20,21);1H. The summed E-state index contributed by atoms with van der Waals surface area (Å²) in [7, 11) is -1.07. The summed E-state index contributed by atoms with van der Waals surface area (Å²) in [5.74, 6) is 1.61. The Morgan fingerprint density at radius 1 is 1.19 bits per heavy atom. The minimum Gasteiger partial charge on any atom is -0.381 e. The molecule has 0 aromatic heterocycles. The van der Waals surface area contributed by atoms with E-state index in [4.69, 9.17) is 9.73 Å². The fourth-order valence-electron chi connectivity index (χ4n) is 4.33. The maximum absolute atomic E-state index is 11.7. The predicted octanol–water partition coefficient (Wildman–Crippen LogP) is 2.33. The van der Waals surface area contributed by atoms with Gasteiger partial charge in [-0.1, -0.05) is 26.7 Å². The third kappa shape index (κ3) is 5.25. The van der Waals surface area contributed by atoms with Crippen molar-refractivity contribution in [1.29, 1.82) is 0 Å². The fraction of sp³-hybridized carbons (Fsp3) is 0.944. The molecule has 0 aromatic carbocycles. The van der Waals surface area contributed by atoms with Gasteiger partial charge >= 0.3 is 0 Å². The zero-order chi connectivity index (χ0) is 18.1. The van der Waals surface area contributed by atoms with Crippen molar-refractivity contribution in [3.8, 4) is 0 Å². The number of hydrogen-bond donors (Lipinski definition) is 2. The highest BCUT2D eigenvalue weighted by atomic mass is 127. The summed E-state index contributed by atoms with van der Waals surface area (Å²) in [6.45, 7) is 5.03. The number of halogens is 1. The van der Waals surface area contributed by atoms with Crippen LogP contribution in [0.15, 0.2) is 4.99 Å². The first-order chi connectivity index (χ1) is 11.8. The van der Waals surface area contributed by atoms with Gasteiger partial charge in [0.05, 0.1) is 17.6 Å². The van der Waals surface area contributed by atoms with Crippen LogP contribution in [0.4, 0.5) is 0 Å². The smallest absolute Gasteiger partial charge is 0.191 e. The maximum Gasteiger partial charge on any atom is 0.191 e. The quantitative estimate of drug-likeness (QED) is 0.345. The average molecular weight is 499 g/mol. The van der Waals surface area contributed by atoms with Gasteiger partial charge in [-0.3, -0.25) is 4.99 Å². The van der Waals surface area contributed by atoms with Gasteiger partial charge in [0.1, 0.15) is 0 Å². The van der Waals surface area contributed by atoms with E-state index in [9.17, 15) is 8.42 Å². The van der Waals surface area contributed by atoms with E-state index in [2.05, 4.69) is 24.5 Å². The molecular weight excluding hydrogens is 465 g/mol. The molecule has 3 unspecified atom stereocenters. The third-order valence-electron chi connectivity index (χ3n) is 6.30. The first-order valence-electron chi connectivity index (χ1n) is 9.61. The summed E-state index contributed by atoms with van der Waals surface area (Å²) in [5.41, 5.74) is 0.0730. The number of aliphatic imine (C=N–C) groups is 1. The van der Waals surface area contributed by atoms with E-state index in [1.165, 1.54) is 25.7 Å². The van der Waals surface area contributed by atoms with Crippen LogP contribution in [0.2, 0.25) is 0 Å². The average Bonchev–Trinajstić information content (AvgIpc) is 3.17. The Morgan fingerprint density at radius 2 is 1.88 bits per heavy atom. The molecule has 2 N–H and O–H groups in total. The first-order valence-corrected chi connectivity index (χ1v) is 11.4. The molecule has 2 saturated carbocycles. The van der Waals surface area contributed by atoms with E-state index in [1.807, 2.05) is 0 Å². The second-order valence-electron chi connectivity index (χ2n) is 8.56. The van der Waals surface area contributed by atoms with Crippen molar-refractivity contribution < 1.29 is 13.2 Å². The number of nitrogens with zero attached hydrogens (tertiary/aromatic N) is 1. The van der Waals surface area contributed by atoms with Crippen LogP contribution >= 0.6 is 24.0 Å². The van der Waals surface area contributed by atoms with Gasteiger partial charge in [0.25, 0.3) is 0 Å². The highest BCUT2D eigenvalue weighted by molar-refractivity contribution is 14.0. The van der Waals surface area contributed by atoms with Gasteiger partial charge in [-0.15, -0.1) is 24.0 Å². The fourth-order valence-corrected chi connectivity index (χ4v) is 6.18. The largest absolute Gasteiger partial charge is 0.381 e. The molecule has 1 saturated heterocycles. The molecule has 3 aliphatic rings. The molecule has 3 rings (SSSR count). The van der Waals surface area contributed by atoms with Gasteiger partial charge in [-0.05, 0) is 31.6 Å². The first kappa shape index (κ1) is 22.2. The van der Waals surface area contributed by atoms with Gasteiger partial charge < -0.3 is 15.4 Å². The number of sulfone groups is 1. The number of rotatable bonds is 5. The lowest BCUT2D eigenvalue weighted by Gasteiger charge is -2.51. The number of nitrogens with one attached hydrogen (secondary N) is 2. The molecular formula is C18H34IN3O3S. The molecule has 8 heteroatoms. The molecule has 1 heterocycles. The minimum absolute atomic E-state index is 0. The molecule has 0 amide bonds. The van der Waals surface area contributed by atoms with Crippen LogP contribution in [0.5, 0.6) is 0 Å². The highest BCUT2D eigenvalue weighted by Gasteiger charge is 2.49. The van der Waals surface area contributed by atoms with Gasteiger partial charge in [-0.25, -0.2) is 8.42 Å². The van der Waals surface area contributed by atoms with E-state index in [0.717, 1.165) is 18.8 Å². The van der Waals surface area contributed by atoms with Crippen molar-refractivity contribution in [3.63, 3.8) is 0 Å². The van der Waals surface area contributed by atoms with Gasteiger partial charge in [0, 0.05) is 31.2 Å². The van der Waals surface area contributed by atoms with Crippen molar-refractivity contribution in [1.82, 2.24) is 10.6 Å². The van der Waals surface area contributed by atoms with Crippen LogP contribution < -0.4 is 10.6 Å². The molecule has 0 spiro atoms. The Balaban J connectivity index is 0.00000243. The minimum atomic E-state index is -2.84. The SMILES string of the molecule is COC1CC(NC(=NCC2CCS(=O)(=O)C2)NC2CCCC2)C1(C)C.I. The van der Waals surface area contributed by atoms with E-state index in [-0.39, 0.29) is 47.2 Å². The number of methoxy groups -OCH3 is 1. The van der Waals surface area contributed by atoms with E-state index in [1.54, 1.807) is 7.11 Å². The normalized spacial score (nSPS) is 33.3. The maximum atomic E-state index is 11.7. The Hall–Kier alpha value is -0.0900. The van der Waals surface area contributed by atoms with Crippen molar-refractivity contribution in [2.24, 2.45) is 16.3 Å². The number of hydrogen-bond acceptors (Lipinski definition) is 4. The molecule has 1 aliphatic heterocycles. The Kier molecular flexibility index (Phi) is 7.63. The second-order valence-corrected chi connectivity index (χ2v) is 10.8. The summed E-state index contributed by atoms with van der Waals surface area (Å²) in [6, 6.07) is 0.817. The summed E-state index contributed by atoms with van der Waals surface area (Å²) in [5, 5.41) is 7.17. The lowest BCUT2D eigenvalue weighted by molar-refractivity contribution is -0.0923. The summed E-state index contributed by atoms with van der Waals surface area (Å²) < 4.78 is 28.9. The molecule has 2 aliphatic carbocycles.